The fraction of sp³-hybridized carbons (Fsp3) is 0.381. The van der Waals surface area contributed by atoms with Crippen LogP contribution < -0.4 is 15.8 Å². The molecule has 1 aromatic heterocycles. The average molecular weight is 465 g/mol. The Morgan fingerprint density at radius 3 is 2.81 bits per heavy atom. The molecular weight excluding hydrogens is 443 g/mol. The highest BCUT2D eigenvalue weighted by Gasteiger charge is 2.35. The summed E-state index contributed by atoms with van der Waals surface area (Å²) in [6, 6.07) is 4.38. The first kappa shape index (κ1) is 22.1. The van der Waals surface area contributed by atoms with E-state index in [1.54, 1.807) is 18.2 Å². The van der Waals surface area contributed by atoms with Crippen LogP contribution in [0.5, 0.6) is 5.75 Å². The number of halogens is 2. The van der Waals surface area contributed by atoms with Gasteiger partial charge in [0.15, 0.2) is 11.4 Å². The number of hydrogen-bond donors (Lipinski definition) is 2. The number of aromatic hydroxyl groups is 1. The molecule has 0 radical (unpaired) electrons. The van der Waals surface area contributed by atoms with Gasteiger partial charge >= 0.3 is 0 Å². The van der Waals surface area contributed by atoms with Gasteiger partial charge in [-0.15, -0.1) is 0 Å². The Hall–Kier alpha value is -3.11. The zero-order valence-corrected chi connectivity index (χ0v) is 18.1. The highest BCUT2D eigenvalue weighted by Crippen LogP contribution is 2.24. The second kappa shape index (κ2) is 8.79. The minimum absolute atomic E-state index is 0.0435. The number of benzene rings is 1. The van der Waals surface area contributed by atoms with Crippen LogP contribution >= 0.6 is 11.6 Å². The summed E-state index contributed by atoms with van der Waals surface area (Å²) in [5.41, 5.74) is -1.37. The Labute approximate surface area is 187 Å². The van der Waals surface area contributed by atoms with Crippen LogP contribution in [0.2, 0.25) is 5.02 Å². The van der Waals surface area contributed by atoms with E-state index in [9.17, 15) is 23.9 Å². The van der Waals surface area contributed by atoms with Crippen molar-refractivity contribution in [1.82, 2.24) is 14.9 Å². The Kier molecular flexibility index (Phi) is 6.07. The molecule has 0 aliphatic carbocycles. The minimum Gasteiger partial charge on any atom is -0.502 e. The number of fused-ring (bicyclic) bond motifs is 4. The fourth-order valence-corrected chi connectivity index (χ4v) is 4.13. The first-order chi connectivity index (χ1) is 15.3. The molecule has 2 N–H and O–H groups in total. The van der Waals surface area contributed by atoms with Gasteiger partial charge in [-0.2, -0.15) is 0 Å². The summed E-state index contributed by atoms with van der Waals surface area (Å²) in [6.45, 7) is 0.930. The van der Waals surface area contributed by atoms with Gasteiger partial charge in [0.2, 0.25) is 5.43 Å². The maximum atomic E-state index is 14.1. The van der Waals surface area contributed by atoms with Gasteiger partial charge < -0.3 is 20.1 Å². The van der Waals surface area contributed by atoms with E-state index >= 15 is 0 Å². The van der Waals surface area contributed by atoms with Crippen molar-refractivity contribution in [2.24, 2.45) is 0 Å². The molecule has 0 saturated carbocycles. The SMILES string of the molecule is COC1CCN2CN(CC1)n1cc(C(=O)NCc3cccc(Cl)c3F)c(=O)c(O)c1C2=O. The highest BCUT2D eigenvalue weighted by atomic mass is 35.5. The van der Waals surface area contributed by atoms with Crippen LogP contribution in [-0.4, -0.2) is 59.5 Å². The van der Waals surface area contributed by atoms with E-state index < -0.39 is 28.8 Å². The molecular formula is C21H22ClFN4O5. The number of nitrogens with zero attached hydrogens (tertiary/aromatic N) is 3. The van der Waals surface area contributed by atoms with Crippen LogP contribution in [0.1, 0.15) is 39.3 Å². The molecule has 2 amide bonds. The fourth-order valence-electron chi connectivity index (χ4n) is 3.93. The number of hydrogen-bond acceptors (Lipinski definition) is 6. The van der Waals surface area contributed by atoms with Crippen LogP contribution in [0, 0.1) is 5.82 Å². The quantitative estimate of drug-likeness (QED) is 0.709. The number of carbonyl (C=O) groups excluding carboxylic acids is 2. The van der Waals surface area contributed by atoms with Crippen molar-refractivity contribution in [1.29, 1.82) is 0 Å². The Bertz CT molecular complexity index is 1140. The molecule has 3 heterocycles. The Morgan fingerprint density at radius 2 is 2.06 bits per heavy atom. The van der Waals surface area contributed by atoms with Crippen molar-refractivity contribution in [3.8, 4) is 5.75 Å². The Balaban J connectivity index is 1.65. The second-order valence-corrected chi connectivity index (χ2v) is 8.09. The summed E-state index contributed by atoms with van der Waals surface area (Å²) in [6.07, 6.45) is 2.50. The third kappa shape index (κ3) is 3.91. The summed E-state index contributed by atoms with van der Waals surface area (Å²) in [4.78, 5) is 39.9. The molecule has 2 bridgehead atoms. The number of aromatic nitrogens is 1. The predicted octanol–water partition coefficient (Wildman–Crippen LogP) is 1.44. The van der Waals surface area contributed by atoms with Crippen LogP contribution in [0.25, 0.3) is 0 Å². The number of methoxy groups -OCH3 is 1. The lowest BCUT2D eigenvalue weighted by atomic mass is 10.1. The molecule has 1 saturated heterocycles. The van der Waals surface area contributed by atoms with Crippen molar-refractivity contribution in [3.05, 3.63) is 62.3 Å². The lowest BCUT2D eigenvalue weighted by Gasteiger charge is -2.42. The van der Waals surface area contributed by atoms with Gasteiger partial charge in [0.25, 0.3) is 11.8 Å². The van der Waals surface area contributed by atoms with Gasteiger partial charge in [0, 0.05) is 38.5 Å². The third-order valence-electron chi connectivity index (χ3n) is 5.77. The predicted molar refractivity (Wildman–Crippen MR) is 114 cm³/mol. The molecule has 2 aliphatic heterocycles. The molecule has 1 atom stereocenters. The van der Waals surface area contributed by atoms with Gasteiger partial charge in [0.1, 0.15) is 18.0 Å². The number of pyridine rings is 1. The number of ether oxygens (including phenoxy) is 1. The molecule has 4 rings (SSSR count). The van der Waals surface area contributed by atoms with E-state index in [2.05, 4.69) is 5.32 Å². The Morgan fingerprint density at radius 1 is 1.31 bits per heavy atom. The first-order valence-electron chi connectivity index (χ1n) is 10.1. The van der Waals surface area contributed by atoms with Gasteiger partial charge in [-0.25, -0.2) is 4.39 Å². The molecule has 0 spiro atoms. The standard InChI is InChI=1S/C21H22ClFN4O5/c1-32-13-5-7-25-11-26(8-6-13)27-10-14(18(28)19(29)17(27)21(25)31)20(30)24-9-12-3-2-4-15(22)16(12)23/h2-4,10,13,29H,5-9,11H2,1H3,(H,24,30). The maximum Gasteiger partial charge on any atom is 0.277 e. The van der Waals surface area contributed by atoms with Crippen molar-refractivity contribution < 1.29 is 23.8 Å². The number of carbonyl (C=O) groups is 2. The average Bonchev–Trinajstić information content (AvgIpc) is 2.76. The van der Waals surface area contributed by atoms with Crippen molar-refractivity contribution in [2.45, 2.75) is 25.5 Å². The number of amides is 2. The summed E-state index contributed by atoms with van der Waals surface area (Å²) in [7, 11) is 1.61. The molecule has 11 heteroatoms. The van der Waals surface area contributed by atoms with Crippen molar-refractivity contribution in [2.75, 3.05) is 31.9 Å². The van der Waals surface area contributed by atoms with E-state index in [0.717, 1.165) is 0 Å². The molecule has 2 aliphatic rings. The van der Waals surface area contributed by atoms with E-state index in [0.29, 0.717) is 25.9 Å². The van der Waals surface area contributed by atoms with E-state index in [1.165, 1.54) is 27.9 Å². The lowest BCUT2D eigenvalue weighted by Crippen LogP contribution is -2.56. The topological polar surface area (TPSA) is 104 Å². The van der Waals surface area contributed by atoms with Crippen LogP contribution in [0.15, 0.2) is 29.2 Å². The van der Waals surface area contributed by atoms with Gasteiger partial charge in [-0.3, -0.25) is 24.1 Å². The summed E-state index contributed by atoms with van der Waals surface area (Å²) >= 11 is 5.76. The van der Waals surface area contributed by atoms with Crippen LogP contribution in [0.3, 0.4) is 0 Å². The molecule has 32 heavy (non-hydrogen) atoms. The third-order valence-corrected chi connectivity index (χ3v) is 6.06. The molecule has 170 valence electrons. The minimum atomic E-state index is -0.970. The van der Waals surface area contributed by atoms with Gasteiger partial charge in [-0.05, 0) is 18.9 Å². The summed E-state index contributed by atoms with van der Waals surface area (Å²) < 4.78 is 20.9. The van der Waals surface area contributed by atoms with Crippen LogP contribution in [-0.2, 0) is 11.3 Å². The van der Waals surface area contributed by atoms with Gasteiger partial charge in [0.05, 0.1) is 11.1 Å². The molecule has 2 aromatic rings. The molecule has 1 fully saturated rings. The summed E-state index contributed by atoms with van der Waals surface area (Å²) in [5, 5.41) is 14.7. The van der Waals surface area contributed by atoms with E-state index in [4.69, 9.17) is 16.3 Å². The lowest BCUT2D eigenvalue weighted by molar-refractivity contribution is 0.0473. The van der Waals surface area contributed by atoms with Gasteiger partial charge in [-0.1, -0.05) is 23.7 Å². The molecule has 1 unspecified atom stereocenters. The van der Waals surface area contributed by atoms with Crippen molar-refractivity contribution >= 4 is 23.4 Å². The highest BCUT2D eigenvalue weighted by molar-refractivity contribution is 6.30. The maximum absolute atomic E-state index is 14.1. The summed E-state index contributed by atoms with van der Waals surface area (Å²) in [5.74, 6) is -2.77. The smallest absolute Gasteiger partial charge is 0.277 e. The molecule has 9 nitrogen and oxygen atoms in total. The zero-order chi connectivity index (χ0) is 23.0. The normalized spacial score (nSPS) is 18.1. The largest absolute Gasteiger partial charge is 0.502 e. The second-order valence-electron chi connectivity index (χ2n) is 7.68. The zero-order valence-electron chi connectivity index (χ0n) is 17.3. The first-order valence-corrected chi connectivity index (χ1v) is 10.5. The number of nitrogens with one attached hydrogen (secondary N) is 1. The van der Waals surface area contributed by atoms with Crippen LogP contribution in [0.4, 0.5) is 4.39 Å². The monoisotopic (exact) mass is 464 g/mol. The van der Waals surface area contributed by atoms with Crippen molar-refractivity contribution in [3.63, 3.8) is 0 Å². The van der Waals surface area contributed by atoms with E-state index in [-0.39, 0.29) is 41.2 Å². The molecule has 1 aromatic carbocycles. The van der Waals surface area contributed by atoms with E-state index in [1.807, 2.05) is 0 Å². The number of rotatable bonds is 4.